The van der Waals surface area contributed by atoms with E-state index in [1.165, 1.54) is 11.3 Å². The van der Waals surface area contributed by atoms with Crippen LogP contribution in [0.2, 0.25) is 0 Å². The smallest absolute Gasteiger partial charge is 0.253 e. The number of aromatic nitrogens is 1. The first-order valence-corrected chi connectivity index (χ1v) is 9.82. The fourth-order valence-electron chi connectivity index (χ4n) is 3.75. The van der Waals surface area contributed by atoms with Crippen LogP contribution in [-0.2, 0) is 0 Å². The number of ketones is 1. The molecule has 0 saturated carbocycles. The number of carbonyl (C=O) groups is 1. The summed E-state index contributed by atoms with van der Waals surface area (Å²) in [5.41, 5.74) is 1.60. The molecule has 1 aromatic heterocycles. The van der Waals surface area contributed by atoms with E-state index in [4.69, 9.17) is 5.26 Å². The molecule has 0 saturated heterocycles. The maximum atomic E-state index is 13.2. The third kappa shape index (κ3) is 3.34. The Kier molecular flexibility index (Phi) is 4.79. The van der Waals surface area contributed by atoms with E-state index in [1.807, 2.05) is 0 Å². The summed E-state index contributed by atoms with van der Waals surface area (Å²) in [5, 5.41) is 27.3. The van der Waals surface area contributed by atoms with Gasteiger partial charge in [0.15, 0.2) is 10.9 Å². The molecule has 0 fully saturated rings. The number of rotatable bonds is 3. The van der Waals surface area contributed by atoms with E-state index < -0.39 is 4.92 Å². The summed E-state index contributed by atoms with van der Waals surface area (Å²) in [5.74, 6) is 0.0659. The first-order valence-electron chi connectivity index (χ1n) is 9.01. The molecule has 28 heavy (non-hydrogen) atoms. The Bertz CT molecular complexity index is 1040. The molecule has 4 rings (SSSR count). The molecule has 0 bridgehead atoms. The van der Waals surface area contributed by atoms with Gasteiger partial charge in [-0.3, -0.25) is 14.9 Å². The summed E-state index contributed by atoms with van der Waals surface area (Å²) in [6, 6.07) is 9.04. The van der Waals surface area contributed by atoms with Gasteiger partial charge < -0.3 is 10.6 Å². The number of allylic oxidation sites excluding steroid dienone is 2. The Morgan fingerprint density at radius 1 is 1.39 bits per heavy atom. The van der Waals surface area contributed by atoms with Crippen molar-refractivity contribution in [2.45, 2.75) is 25.7 Å². The first kappa shape index (κ1) is 18.1. The number of nitro groups is 1. The minimum absolute atomic E-state index is 0.0544. The number of hydrogen-bond acceptors (Lipinski definition) is 8. The van der Waals surface area contributed by atoms with E-state index in [2.05, 4.69) is 21.7 Å². The highest BCUT2D eigenvalue weighted by atomic mass is 32.1. The van der Waals surface area contributed by atoms with Crippen LogP contribution in [0.15, 0.2) is 35.5 Å². The van der Waals surface area contributed by atoms with Gasteiger partial charge in [-0.15, -0.1) is 0 Å². The van der Waals surface area contributed by atoms with Gasteiger partial charge in [-0.1, -0.05) is 17.4 Å². The molecular formula is C19H17N5O3S. The summed E-state index contributed by atoms with van der Waals surface area (Å²) < 4.78 is 0. The van der Waals surface area contributed by atoms with Crippen molar-refractivity contribution in [1.29, 1.82) is 5.26 Å². The molecule has 2 N–H and O–H groups in total. The SMILES string of the molecule is N#Cc1cccc(Nc2nc3c(s2)C(=O)C2=C([N+](=O)[O-])CCCC2CCN3)c1. The van der Waals surface area contributed by atoms with Gasteiger partial charge in [0.1, 0.15) is 4.88 Å². The van der Waals surface area contributed by atoms with Crippen LogP contribution >= 0.6 is 11.3 Å². The second-order valence-electron chi connectivity index (χ2n) is 6.77. The summed E-state index contributed by atoms with van der Waals surface area (Å²) in [6.45, 7) is 0.604. The predicted molar refractivity (Wildman–Crippen MR) is 105 cm³/mol. The maximum Gasteiger partial charge on any atom is 0.253 e. The number of benzene rings is 1. The summed E-state index contributed by atoms with van der Waals surface area (Å²) in [4.78, 5) is 29.2. The number of carbonyl (C=O) groups excluding carboxylic acids is 1. The third-order valence-corrected chi connectivity index (χ3v) is 5.98. The molecule has 2 aromatic rings. The van der Waals surface area contributed by atoms with E-state index in [9.17, 15) is 14.9 Å². The van der Waals surface area contributed by atoms with E-state index in [-0.39, 0.29) is 17.4 Å². The average Bonchev–Trinajstić information content (AvgIpc) is 3.08. The lowest BCUT2D eigenvalue weighted by atomic mass is 9.80. The minimum Gasteiger partial charge on any atom is -0.369 e. The zero-order valence-corrected chi connectivity index (χ0v) is 15.7. The largest absolute Gasteiger partial charge is 0.369 e. The van der Waals surface area contributed by atoms with E-state index >= 15 is 0 Å². The molecule has 0 radical (unpaired) electrons. The fourth-order valence-corrected chi connectivity index (χ4v) is 4.67. The highest BCUT2D eigenvalue weighted by Gasteiger charge is 2.38. The molecule has 8 nitrogen and oxygen atoms in total. The van der Waals surface area contributed by atoms with Gasteiger partial charge >= 0.3 is 0 Å². The van der Waals surface area contributed by atoms with Gasteiger partial charge in [-0.2, -0.15) is 5.26 Å². The van der Waals surface area contributed by atoms with Gasteiger partial charge in [-0.05, 0) is 43.4 Å². The lowest BCUT2D eigenvalue weighted by molar-refractivity contribution is -0.430. The lowest BCUT2D eigenvalue weighted by Crippen LogP contribution is -2.27. The van der Waals surface area contributed by atoms with Crippen LogP contribution in [-0.4, -0.2) is 22.2 Å². The van der Waals surface area contributed by atoms with Gasteiger partial charge in [0, 0.05) is 18.7 Å². The molecule has 1 atom stereocenters. The Morgan fingerprint density at radius 2 is 2.25 bits per heavy atom. The molecule has 1 aliphatic heterocycles. The fraction of sp³-hybridized carbons (Fsp3) is 0.316. The maximum absolute atomic E-state index is 13.2. The number of anilines is 3. The number of nitrogens with one attached hydrogen (secondary N) is 2. The summed E-state index contributed by atoms with van der Waals surface area (Å²) in [6.07, 6.45) is 2.52. The standard InChI is InChI=1S/C19H17N5O3S/c20-10-11-3-1-5-13(9-11)22-19-23-18-17(28-19)16(25)15-12(7-8-21-18)4-2-6-14(15)24(26)27/h1,3,5,9,12,21H,2,4,6-8H2,(H,22,23). The second-order valence-corrected chi connectivity index (χ2v) is 7.76. The second kappa shape index (κ2) is 7.40. The van der Waals surface area contributed by atoms with Crippen molar-refractivity contribution >= 4 is 33.8 Å². The molecule has 142 valence electrons. The van der Waals surface area contributed by atoms with Crippen LogP contribution < -0.4 is 10.6 Å². The first-order chi connectivity index (χ1) is 13.6. The molecular weight excluding hydrogens is 378 g/mol. The minimum atomic E-state index is -0.401. The van der Waals surface area contributed by atoms with Crippen LogP contribution in [0.25, 0.3) is 0 Å². The molecule has 1 unspecified atom stereocenters. The molecule has 0 spiro atoms. The zero-order valence-electron chi connectivity index (χ0n) is 14.9. The topological polar surface area (TPSA) is 121 Å². The Hall–Kier alpha value is -3.25. The predicted octanol–water partition coefficient (Wildman–Crippen LogP) is 4.09. The molecule has 1 aromatic carbocycles. The summed E-state index contributed by atoms with van der Waals surface area (Å²) >= 11 is 1.17. The van der Waals surface area contributed by atoms with Crippen LogP contribution in [0, 0.1) is 27.4 Å². The molecule has 2 aliphatic rings. The Balaban J connectivity index is 1.71. The number of fused-ring (bicyclic) bond motifs is 2. The van der Waals surface area contributed by atoms with Crippen LogP contribution in [0.3, 0.4) is 0 Å². The Morgan fingerprint density at radius 3 is 3.04 bits per heavy atom. The quantitative estimate of drug-likeness (QED) is 0.593. The summed E-state index contributed by atoms with van der Waals surface area (Å²) in [7, 11) is 0. The number of thiazole rings is 1. The van der Waals surface area contributed by atoms with E-state index in [1.54, 1.807) is 24.3 Å². The molecule has 0 amide bonds. The number of hydrogen-bond donors (Lipinski definition) is 2. The molecule has 1 aliphatic carbocycles. The number of nitriles is 1. The van der Waals surface area contributed by atoms with Crippen LogP contribution in [0.5, 0.6) is 0 Å². The lowest BCUT2D eigenvalue weighted by Gasteiger charge is -2.25. The van der Waals surface area contributed by atoms with Gasteiger partial charge in [-0.25, -0.2) is 4.98 Å². The Labute approximate surface area is 165 Å². The van der Waals surface area contributed by atoms with Crippen molar-refractivity contribution in [2.24, 2.45) is 5.92 Å². The highest BCUT2D eigenvalue weighted by Crippen LogP contribution is 2.40. The number of Topliss-reactive ketones (excluding diaryl/α,β-unsaturated/α-hetero) is 1. The molecule has 9 heteroatoms. The van der Waals surface area contributed by atoms with Crippen molar-refractivity contribution in [3.05, 3.63) is 56.1 Å². The van der Waals surface area contributed by atoms with Gasteiger partial charge in [0.05, 0.1) is 22.1 Å². The van der Waals surface area contributed by atoms with Crippen LogP contribution in [0.1, 0.15) is 40.9 Å². The van der Waals surface area contributed by atoms with E-state index in [0.717, 1.165) is 12.8 Å². The van der Waals surface area contributed by atoms with Crippen LogP contribution in [0.4, 0.5) is 16.6 Å². The van der Waals surface area contributed by atoms with Crippen molar-refractivity contribution in [3.63, 3.8) is 0 Å². The van der Waals surface area contributed by atoms with E-state index in [0.29, 0.717) is 52.0 Å². The zero-order chi connectivity index (χ0) is 19.7. The number of nitrogens with zero attached hydrogens (tertiary/aromatic N) is 3. The highest BCUT2D eigenvalue weighted by molar-refractivity contribution is 7.18. The average molecular weight is 395 g/mol. The van der Waals surface area contributed by atoms with Crippen molar-refractivity contribution in [3.8, 4) is 6.07 Å². The van der Waals surface area contributed by atoms with Crippen molar-refractivity contribution < 1.29 is 9.72 Å². The van der Waals surface area contributed by atoms with Crippen molar-refractivity contribution in [1.82, 2.24) is 4.98 Å². The normalized spacial score (nSPS) is 18.8. The van der Waals surface area contributed by atoms with Gasteiger partial charge in [0.2, 0.25) is 5.78 Å². The monoisotopic (exact) mass is 395 g/mol. The third-order valence-electron chi connectivity index (χ3n) is 5.01. The van der Waals surface area contributed by atoms with Crippen molar-refractivity contribution in [2.75, 3.05) is 17.2 Å². The molecule has 2 heterocycles. The van der Waals surface area contributed by atoms with Gasteiger partial charge in [0.25, 0.3) is 5.70 Å².